The average molecular weight is 229 g/mol. The molecule has 0 aromatic carbocycles. The molecule has 0 radical (unpaired) electrons. The summed E-state index contributed by atoms with van der Waals surface area (Å²) in [4.78, 5) is 8.25. The summed E-state index contributed by atoms with van der Waals surface area (Å²) in [5, 5.41) is 14.8. The zero-order valence-electron chi connectivity index (χ0n) is 2.53. The molecule has 0 amide bonds. The molecule has 0 fully saturated rings. The van der Waals surface area contributed by atoms with Crippen LogP contribution in [0, 0.1) is 55.7 Å². The topological polar surface area (TPSA) is 96.2 Å². The van der Waals surface area contributed by atoms with Crippen molar-refractivity contribution < 1.29 is 51.0 Å². The van der Waals surface area contributed by atoms with Gasteiger partial charge in [0.1, 0.15) is 0 Å². The SMILES string of the molecule is O=[N+]([O-])[O-].[OH-].[Sm]. The molecule has 0 atom stereocenters. The summed E-state index contributed by atoms with van der Waals surface area (Å²) in [6.07, 6.45) is 0. The fourth-order valence-corrected chi connectivity index (χ4v) is 0. The van der Waals surface area contributed by atoms with Crippen LogP contribution in [0.5, 0.6) is 0 Å². The zero-order valence-corrected chi connectivity index (χ0v) is 5.15. The second-order valence-corrected chi connectivity index (χ2v) is 0.224. The van der Waals surface area contributed by atoms with E-state index in [-0.39, 0.29) is 45.9 Å². The fraction of sp³-hybridized carbons (Fsp3) is 0. The van der Waals surface area contributed by atoms with E-state index in [1.807, 2.05) is 0 Å². The minimum atomic E-state index is -1.75. The van der Waals surface area contributed by atoms with Crippen LogP contribution in [-0.4, -0.2) is 10.6 Å². The van der Waals surface area contributed by atoms with E-state index in [9.17, 15) is 0 Å². The Morgan fingerprint density at radius 2 is 1.33 bits per heavy atom. The van der Waals surface area contributed by atoms with Crippen molar-refractivity contribution in [3.63, 3.8) is 0 Å². The Hall–Kier alpha value is 0.498. The molecule has 0 saturated carbocycles. The van der Waals surface area contributed by atoms with E-state index in [1.165, 1.54) is 0 Å². The van der Waals surface area contributed by atoms with Crippen LogP contribution in [0.2, 0.25) is 0 Å². The molecule has 0 aliphatic rings. The Morgan fingerprint density at radius 3 is 1.33 bits per heavy atom. The summed E-state index contributed by atoms with van der Waals surface area (Å²) < 4.78 is 0. The fourth-order valence-electron chi connectivity index (χ4n) is 0. The second kappa shape index (κ2) is 9.09. The van der Waals surface area contributed by atoms with Gasteiger partial charge in [-0.05, 0) is 0 Å². The Bertz CT molecular complexity index is 30.5. The zero-order chi connectivity index (χ0) is 3.58. The molecule has 6 heavy (non-hydrogen) atoms. The van der Waals surface area contributed by atoms with Crippen LogP contribution in [-0.2, 0) is 0 Å². The van der Waals surface area contributed by atoms with Gasteiger partial charge in [0.05, 0.1) is 5.09 Å². The number of nitrogens with zero attached hydrogens (tertiary/aromatic N) is 1. The van der Waals surface area contributed by atoms with Crippen LogP contribution in [0.3, 0.4) is 0 Å². The van der Waals surface area contributed by atoms with Crippen molar-refractivity contribution in [2.24, 2.45) is 0 Å². The molecule has 0 aliphatic carbocycles. The van der Waals surface area contributed by atoms with Crippen molar-refractivity contribution in [2.75, 3.05) is 0 Å². The number of hydrogen-bond acceptors (Lipinski definition) is 4. The third kappa shape index (κ3) is 222. The minimum absolute atomic E-state index is 0. The molecule has 0 aromatic heterocycles. The predicted octanol–water partition coefficient (Wildman–Crippen LogP) is -0.416. The van der Waals surface area contributed by atoms with E-state index in [0.717, 1.165) is 0 Å². The smallest absolute Gasteiger partial charge is 0.0689 e. The first-order valence-electron chi connectivity index (χ1n) is 0.548. The summed E-state index contributed by atoms with van der Waals surface area (Å²) in [6, 6.07) is 0. The van der Waals surface area contributed by atoms with Crippen molar-refractivity contribution in [3.8, 4) is 0 Å². The maximum absolute atomic E-state index is 8.25. The van der Waals surface area contributed by atoms with Crippen molar-refractivity contribution >= 4 is 0 Å². The van der Waals surface area contributed by atoms with E-state index in [1.54, 1.807) is 0 Å². The van der Waals surface area contributed by atoms with Crippen LogP contribution < -0.4 is 0 Å². The standard InChI is InChI=1S/NO3.H2O.Sm/c2-1(3)4;;/h;1H2;/q-1;;/p-1. The average Bonchev–Trinajstić information content (AvgIpc) is 0.811. The van der Waals surface area contributed by atoms with Gasteiger partial charge >= 0.3 is 0 Å². The first-order chi connectivity index (χ1) is 1.73. The summed E-state index contributed by atoms with van der Waals surface area (Å²) in [6.45, 7) is 0. The quantitative estimate of drug-likeness (QED) is 0.416. The van der Waals surface area contributed by atoms with Gasteiger partial charge in [0.25, 0.3) is 0 Å². The first kappa shape index (κ1) is 16.1. The molecule has 0 saturated heterocycles. The van der Waals surface area contributed by atoms with Gasteiger partial charge < -0.3 is 20.8 Å². The molecular weight excluding hydrogens is 228 g/mol. The van der Waals surface area contributed by atoms with Gasteiger partial charge in [0, 0.05) is 40.4 Å². The first-order valence-corrected chi connectivity index (χ1v) is 0.548. The van der Waals surface area contributed by atoms with Gasteiger partial charge in [-0.25, -0.2) is 0 Å². The molecule has 6 heteroatoms. The van der Waals surface area contributed by atoms with Gasteiger partial charge in [0.2, 0.25) is 0 Å². The number of hydrogen-bond donors (Lipinski definition) is 0. The molecule has 38 valence electrons. The van der Waals surface area contributed by atoms with E-state index < -0.39 is 5.09 Å². The molecule has 0 heterocycles. The van der Waals surface area contributed by atoms with Crippen molar-refractivity contribution in [3.05, 3.63) is 15.3 Å². The molecule has 0 aliphatic heterocycles. The van der Waals surface area contributed by atoms with Crippen LogP contribution in [0.15, 0.2) is 0 Å². The van der Waals surface area contributed by atoms with E-state index >= 15 is 0 Å². The van der Waals surface area contributed by atoms with Gasteiger partial charge in [-0.3, -0.25) is 0 Å². The molecular formula is HNO4Sm-2. The maximum atomic E-state index is 8.25. The Morgan fingerprint density at radius 1 is 1.33 bits per heavy atom. The molecule has 0 unspecified atom stereocenters. The second-order valence-electron chi connectivity index (χ2n) is 0.224. The molecule has 0 bridgehead atoms. The van der Waals surface area contributed by atoms with E-state index in [4.69, 9.17) is 15.3 Å². The summed E-state index contributed by atoms with van der Waals surface area (Å²) in [5.41, 5.74) is 0. The largest absolute Gasteiger partial charge is 0.870 e. The predicted molar refractivity (Wildman–Crippen MR) is 12.3 cm³/mol. The summed E-state index contributed by atoms with van der Waals surface area (Å²) >= 11 is 0. The third-order valence-corrected chi connectivity index (χ3v) is 0. The normalized spacial score (nSPS) is 4.00. The Balaban J connectivity index is -0.0000000450. The van der Waals surface area contributed by atoms with Crippen LogP contribution >= 0.6 is 0 Å². The summed E-state index contributed by atoms with van der Waals surface area (Å²) in [7, 11) is 0. The van der Waals surface area contributed by atoms with E-state index in [2.05, 4.69) is 0 Å². The van der Waals surface area contributed by atoms with Crippen LogP contribution in [0.1, 0.15) is 0 Å². The summed E-state index contributed by atoms with van der Waals surface area (Å²) in [5.74, 6) is 0. The van der Waals surface area contributed by atoms with Gasteiger partial charge in [-0.2, -0.15) is 0 Å². The molecule has 0 spiro atoms. The molecule has 5 nitrogen and oxygen atoms in total. The monoisotopic (exact) mass is 231 g/mol. The minimum Gasteiger partial charge on any atom is -0.870 e. The van der Waals surface area contributed by atoms with Crippen molar-refractivity contribution in [1.82, 2.24) is 0 Å². The third-order valence-electron chi connectivity index (χ3n) is 0. The van der Waals surface area contributed by atoms with Crippen molar-refractivity contribution in [1.29, 1.82) is 0 Å². The van der Waals surface area contributed by atoms with Gasteiger partial charge in [0.15, 0.2) is 0 Å². The Labute approximate surface area is 65.9 Å². The van der Waals surface area contributed by atoms with Crippen LogP contribution in [0.4, 0.5) is 0 Å². The van der Waals surface area contributed by atoms with Crippen molar-refractivity contribution in [2.45, 2.75) is 0 Å². The van der Waals surface area contributed by atoms with Gasteiger partial charge in [-0.1, -0.05) is 0 Å². The molecule has 1 N–H and O–H groups in total. The Kier molecular flexibility index (Phi) is 24.3. The number of rotatable bonds is 0. The van der Waals surface area contributed by atoms with Crippen LogP contribution in [0.25, 0.3) is 0 Å². The molecule has 0 aromatic rings. The maximum Gasteiger partial charge on any atom is 0.0689 e. The van der Waals surface area contributed by atoms with Gasteiger partial charge in [-0.15, -0.1) is 0 Å². The molecule has 0 rings (SSSR count). The van der Waals surface area contributed by atoms with E-state index in [0.29, 0.717) is 0 Å².